The minimum atomic E-state index is 0.514. The molecule has 2 aromatic heterocycles. The van der Waals surface area contributed by atoms with Crippen LogP contribution in [0, 0.1) is 6.92 Å². The number of hydrogen-bond acceptors (Lipinski definition) is 3. The summed E-state index contributed by atoms with van der Waals surface area (Å²) in [7, 11) is 0. The van der Waals surface area contributed by atoms with E-state index in [0.717, 1.165) is 31.7 Å². The molecular weight excluding hydrogens is 330 g/mol. The molecule has 3 nitrogen and oxygen atoms in total. The lowest BCUT2D eigenvalue weighted by atomic mass is 9.93. The van der Waals surface area contributed by atoms with Gasteiger partial charge in [-0.3, -0.25) is 14.9 Å². The molecule has 3 heterocycles. The monoisotopic (exact) mass is 357 g/mol. The molecule has 1 fully saturated rings. The van der Waals surface area contributed by atoms with Crippen LogP contribution in [0.2, 0.25) is 0 Å². The average molecular weight is 358 g/mol. The predicted octanol–water partition coefficient (Wildman–Crippen LogP) is 4.76. The standard InChI is InChI=1S/C24H27N3/c1-19-7-4-8-20(15-19)16-22-11-5-12-24(26-22)21-9-6-14-27(17-21)18-23-10-2-3-13-25-23/h2-5,7-8,10-13,15,21H,6,9,14,16-18H2,1H3/t21-/m1/s1. The van der Waals surface area contributed by atoms with Crippen molar-refractivity contribution in [2.24, 2.45) is 0 Å². The molecule has 1 atom stereocenters. The Morgan fingerprint density at radius 2 is 1.89 bits per heavy atom. The average Bonchev–Trinajstić information content (AvgIpc) is 2.69. The van der Waals surface area contributed by atoms with Crippen molar-refractivity contribution < 1.29 is 0 Å². The van der Waals surface area contributed by atoms with Crippen LogP contribution in [0.1, 0.15) is 47.0 Å². The van der Waals surface area contributed by atoms with E-state index >= 15 is 0 Å². The summed E-state index contributed by atoms with van der Waals surface area (Å²) in [6.07, 6.45) is 5.23. The fourth-order valence-electron chi connectivity index (χ4n) is 4.02. The van der Waals surface area contributed by atoms with E-state index in [1.807, 2.05) is 12.3 Å². The van der Waals surface area contributed by atoms with Gasteiger partial charge < -0.3 is 0 Å². The minimum Gasteiger partial charge on any atom is -0.297 e. The summed E-state index contributed by atoms with van der Waals surface area (Å²) in [4.78, 5) is 12.0. The SMILES string of the molecule is Cc1cccc(Cc2cccc([C@@H]3CCCN(Cc4ccccn4)C3)n2)c1. The first-order valence-corrected chi connectivity index (χ1v) is 9.90. The molecule has 3 heteroatoms. The fraction of sp³-hybridized carbons (Fsp3) is 0.333. The van der Waals surface area contributed by atoms with Crippen molar-refractivity contribution >= 4 is 0 Å². The van der Waals surface area contributed by atoms with Gasteiger partial charge in [0, 0.05) is 43.0 Å². The second kappa shape index (κ2) is 8.45. The second-order valence-electron chi connectivity index (χ2n) is 7.61. The zero-order valence-electron chi connectivity index (χ0n) is 16.0. The molecule has 0 radical (unpaired) electrons. The van der Waals surface area contributed by atoms with Crippen molar-refractivity contribution in [2.75, 3.05) is 13.1 Å². The third-order valence-corrected chi connectivity index (χ3v) is 5.33. The first-order valence-electron chi connectivity index (χ1n) is 9.90. The van der Waals surface area contributed by atoms with E-state index in [1.54, 1.807) is 0 Å². The molecule has 0 unspecified atom stereocenters. The van der Waals surface area contributed by atoms with E-state index in [1.165, 1.54) is 35.4 Å². The van der Waals surface area contributed by atoms with Gasteiger partial charge in [-0.2, -0.15) is 0 Å². The van der Waals surface area contributed by atoms with Crippen LogP contribution in [0.3, 0.4) is 0 Å². The highest BCUT2D eigenvalue weighted by Gasteiger charge is 2.22. The normalized spacial score (nSPS) is 17.7. The first kappa shape index (κ1) is 17.9. The van der Waals surface area contributed by atoms with Crippen LogP contribution in [0.5, 0.6) is 0 Å². The zero-order valence-corrected chi connectivity index (χ0v) is 16.0. The molecular formula is C24H27N3. The van der Waals surface area contributed by atoms with Crippen molar-refractivity contribution in [3.63, 3.8) is 0 Å². The van der Waals surface area contributed by atoms with Crippen molar-refractivity contribution in [3.05, 3.63) is 95.1 Å². The number of nitrogens with zero attached hydrogens (tertiary/aromatic N) is 3. The van der Waals surface area contributed by atoms with Gasteiger partial charge in [0.05, 0.1) is 5.69 Å². The highest BCUT2D eigenvalue weighted by molar-refractivity contribution is 5.27. The lowest BCUT2D eigenvalue weighted by Crippen LogP contribution is -2.34. The molecule has 0 amide bonds. The maximum atomic E-state index is 5.02. The van der Waals surface area contributed by atoms with Crippen LogP contribution in [-0.2, 0) is 13.0 Å². The quantitative estimate of drug-likeness (QED) is 0.659. The molecule has 1 saturated heterocycles. The van der Waals surface area contributed by atoms with Crippen molar-refractivity contribution in [3.8, 4) is 0 Å². The molecule has 1 aliphatic heterocycles. The number of piperidine rings is 1. The molecule has 0 N–H and O–H groups in total. The Morgan fingerprint density at radius 3 is 2.74 bits per heavy atom. The Balaban J connectivity index is 1.44. The number of pyridine rings is 2. The number of hydrogen-bond donors (Lipinski definition) is 0. The molecule has 1 aliphatic rings. The fourth-order valence-corrected chi connectivity index (χ4v) is 4.02. The van der Waals surface area contributed by atoms with Crippen molar-refractivity contribution in [1.82, 2.24) is 14.9 Å². The summed E-state index contributed by atoms with van der Waals surface area (Å²) in [5.41, 5.74) is 6.20. The number of aromatic nitrogens is 2. The van der Waals surface area contributed by atoms with E-state index in [0.29, 0.717) is 5.92 Å². The number of rotatable bonds is 5. The summed E-state index contributed by atoms with van der Waals surface area (Å²) < 4.78 is 0. The minimum absolute atomic E-state index is 0.514. The highest BCUT2D eigenvalue weighted by atomic mass is 15.1. The topological polar surface area (TPSA) is 29.0 Å². The molecule has 138 valence electrons. The van der Waals surface area contributed by atoms with Crippen LogP contribution < -0.4 is 0 Å². The Hall–Kier alpha value is -2.52. The Bertz CT molecular complexity index is 876. The van der Waals surface area contributed by atoms with Gasteiger partial charge >= 0.3 is 0 Å². The molecule has 27 heavy (non-hydrogen) atoms. The largest absolute Gasteiger partial charge is 0.297 e. The van der Waals surface area contributed by atoms with Gasteiger partial charge in [0.15, 0.2) is 0 Å². The summed E-state index contributed by atoms with van der Waals surface area (Å²) >= 11 is 0. The van der Waals surface area contributed by atoms with Crippen LogP contribution in [0.25, 0.3) is 0 Å². The number of benzene rings is 1. The summed E-state index contributed by atoms with van der Waals surface area (Å²) in [5.74, 6) is 0.514. The molecule has 0 saturated carbocycles. The van der Waals surface area contributed by atoms with Gasteiger partial charge in [-0.05, 0) is 56.1 Å². The predicted molar refractivity (Wildman–Crippen MR) is 110 cm³/mol. The molecule has 0 spiro atoms. The maximum absolute atomic E-state index is 5.02. The smallest absolute Gasteiger partial charge is 0.0543 e. The third kappa shape index (κ3) is 4.81. The maximum Gasteiger partial charge on any atom is 0.0543 e. The van der Waals surface area contributed by atoms with E-state index in [9.17, 15) is 0 Å². The van der Waals surface area contributed by atoms with E-state index in [-0.39, 0.29) is 0 Å². The highest BCUT2D eigenvalue weighted by Crippen LogP contribution is 2.27. The number of aryl methyl sites for hydroxylation is 1. The Labute approximate surface area is 162 Å². The van der Waals surface area contributed by atoms with E-state index < -0.39 is 0 Å². The Kier molecular flexibility index (Phi) is 5.59. The summed E-state index contributed by atoms with van der Waals surface area (Å²) in [6, 6.07) is 21.4. The molecule has 3 aromatic rings. The lowest BCUT2D eigenvalue weighted by Gasteiger charge is -2.32. The van der Waals surface area contributed by atoms with Crippen molar-refractivity contribution in [1.29, 1.82) is 0 Å². The van der Waals surface area contributed by atoms with E-state index in [4.69, 9.17) is 4.98 Å². The third-order valence-electron chi connectivity index (χ3n) is 5.33. The van der Waals surface area contributed by atoms with Crippen LogP contribution in [0.15, 0.2) is 66.9 Å². The van der Waals surface area contributed by atoms with Gasteiger partial charge in [0.1, 0.15) is 0 Å². The lowest BCUT2D eigenvalue weighted by molar-refractivity contribution is 0.196. The molecule has 0 aliphatic carbocycles. The van der Waals surface area contributed by atoms with Crippen LogP contribution >= 0.6 is 0 Å². The number of likely N-dealkylation sites (tertiary alicyclic amines) is 1. The van der Waals surface area contributed by atoms with Gasteiger partial charge in [-0.15, -0.1) is 0 Å². The zero-order chi connectivity index (χ0) is 18.5. The molecule has 1 aromatic carbocycles. The van der Waals surface area contributed by atoms with Gasteiger partial charge in [0.25, 0.3) is 0 Å². The first-order chi connectivity index (χ1) is 13.3. The summed E-state index contributed by atoms with van der Waals surface area (Å²) in [6.45, 7) is 5.29. The van der Waals surface area contributed by atoms with Gasteiger partial charge in [-0.25, -0.2) is 0 Å². The molecule has 0 bridgehead atoms. The second-order valence-corrected chi connectivity index (χ2v) is 7.61. The summed E-state index contributed by atoms with van der Waals surface area (Å²) in [5, 5.41) is 0. The van der Waals surface area contributed by atoms with Crippen LogP contribution in [-0.4, -0.2) is 28.0 Å². The Morgan fingerprint density at radius 1 is 1.00 bits per heavy atom. The molecule has 4 rings (SSSR count). The van der Waals surface area contributed by atoms with Crippen molar-refractivity contribution in [2.45, 2.75) is 38.6 Å². The van der Waals surface area contributed by atoms with Gasteiger partial charge in [0.2, 0.25) is 0 Å². The van der Waals surface area contributed by atoms with Gasteiger partial charge in [-0.1, -0.05) is 42.0 Å². The van der Waals surface area contributed by atoms with E-state index in [2.05, 4.69) is 71.4 Å². The van der Waals surface area contributed by atoms with Crippen LogP contribution in [0.4, 0.5) is 0 Å².